The molecule has 0 saturated carbocycles. The Morgan fingerprint density at radius 3 is 2.93 bits per heavy atom. The molecule has 1 aliphatic heterocycles. The summed E-state index contributed by atoms with van der Waals surface area (Å²) in [5.41, 5.74) is 5.28. The monoisotopic (exact) mass is 422 g/mol. The maximum Gasteiger partial charge on any atom is 0.311 e. The minimum absolute atomic E-state index is 0.150. The molecule has 0 aliphatic carbocycles. The van der Waals surface area contributed by atoms with E-state index in [-0.39, 0.29) is 12.4 Å². The molecule has 28 heavy (non-hydrogen) atoms. The van der Waals surface area contributed by atoms with Crippen molar-refractivity contribution in [1.29, 1.82) is 0 Å². The Bertz CT molecular complexity index is 850. The first kappa shape index (κ1) is 20.4. The van der Waals surface area contributed by atoms with Gasteiger partial charge in [0.1, 0.15) is 5.75 Å². The van der Waals surface area contributed by atoms with Gasteiger partial charge in [-0.05, 0) is 31.9 Å². The number of ether oxygens (including phenoxy) is 2. The van der Waals surface area contributed by atoms with Crippen LogP contribution in [0.2, 0.25) is 5.02 Å². The van der Waals surface area contributed by atoms with Gasteiger partial charge in [0, 0.05) is 24.0 Å². The van der Waals surface area contributed by atoms with Gasteiger partial charge in [-0.2, -0.15) is 5.10 Å². The number of esters is 1. The van der Waals surface area contributed by atoms with E-state index < -0.39 is 0 Å². The van der Waals surface area contributed by atoms with Crippen LogP contribution in [0.1, 0.15) is 31.0 Å². The van der Waals surface area contributed by atoms with E-state index in [0.29, 0.717) is 22.5 Å². The van der Waals surface area contributed by atoms with Crippen LogP contribution in [0.3, 0.4) is 0 Å². The average Bonchev–Trinajstić information content (AvgIpc) is 3.35. The lowest BCUT2D eigenvalue weighted by molar-refractivity contribution is -0.142. The third-order valence-corrected chi connectivity index (χ3v) is 5.41. The topological polar surface area (TPSA) is 76.1 Å². The van der Waals surface area contributed by atoms with Crippen LogP contribution in [0.15, 0.2) is 22.6 Å². The number of anilines is 2. The smallest absolute Gasteiger partial charge is 0.311 e. The first-order valence-corrected chi connectivity index (χ1v) is 10.4. The molecule has 0 spiro atoms. The zero-order valence-electron chi connectivity index (χ0n) is 15.9. The Morgan fingerprint density at radius 2 is 2.21 bits per heavy atom. The molecular weight excluding hydrogens is 400 g/mol. The van der Waals surface area contributed by atoms with Gasteiger partial charge in [-0.15, -0.1) is 11.3 Å². The first-order chi connectivity index (χ1) is 13.6. The quantitative estimate of drug-likeness (QED) is 0.394. The molecule has 1 fully saturated rings. The van der Waals surface area contributed by atoms with Gasteiger partial charge in [0.2, 0.25) is 5.13 Å². The Hall–Kier alpha value is -2.32. The van der Waals surface area contributed by atoms with Crippen LogP contribution in [-0.4, -0.2) is 44.0 Å². The van der Waals surface area contributed by atoms with Crippen molar-refractivity contribution in [2.75, 3.05) is 37.1 Å². The summed E-state index contributed by atoms with van der Waals surface area (Å²) in [7, 11) is 1.66. The van der Waals surface area contributed by atoms with Crippen molar-refractivity contribution in [3.8, 4) is 5.75 Å². The Balaban J connectivity index is 1.65. The summed E-state index contributed by atoms with van der Waals surface area (Å²) in [6, 6.07) is 3.81. The van der Waals surface area contributed by atoms with E-state index in [2.05, 4.69) is 20.4 Å². The number of carbonyl (C=O) groups is 1. The largest absolute Gasteiger partial charge is 0.495 e. The van der Waals surface area contributed by atoms with Gasteiger partial charge in [-0.25, -0.2) is 4.98 Å². The third kappa shape index (κ3) is 5.14. The van der Waals surface area contributed by atoms with Gasteiger partial charge >= 0.3 is 5.97 Å². The molecule has 1 aromatic carbocycles. The highest BCUT2D eigenvalue weighted by Gasteiger charge is 2.18. The predicted octanol–water partition coefficient (Wildman–Crippen LogP) is 3.96. The summed E-state index contributed by atoms with van der Waals surface area (Å²) in [5.74, 6) is 0.485. The van der Waals surface area contributed by atoms with Crippen molar-refractivity contribution in [2.45, 2.75) is 26.2 Å². The molecule has 9 heteroatoms. The van der Waals surface area contributed by atoms with Crippen LogP contribution in [0.25, 0.3) is 0 Å². The number of thiazole rings is 1. The van der Waals surface area contributed by atoms with E-state index in [1.165, 1.54) is 24.2 Å². The standard InChI is InChI=1S/C19H23ClN4O3S/c1-3-27-18(25)9-14-12-28-19(22-14)23-21-11-13-8-17(26-2)16(10-15(13)20)24-6-4-5-7-24/h8,10-12H,3-7,9H2,1-2H3,(H,22,23). The second-order valence-electron chi connectivity index (χ2n) is 6.24. The van der Waals surface area contributed by atoms with Crippen molar-refractivity contribution in [3.05, 3.63) is 33.8 Å². The SMILES string of the molecule is CCOC(=O)Cc1csc(NN=Cc2cc(OC)c(N3CCCC3)cc2Cl)n1. The summed E-state index contributed by atoms with van der Waals surface area (Å²) < 4.78 is 10.5. The van der Waals surface area contributed by atoms with Gasteiger partial charge in [-0.3, -0.25) is 10.2 Å². The molecule has 0 unspecified atom stereocenters. The molecule has 7 nitrogen and oxygen atoms in total. The number of carbonyl (C=O) groups excluding carboxylic acids is 1. The van der Waals surface area contributed by atoms with Crippen LogP contribution < -0.4 is 15.1 Å². The first-order valence-electron chi connectivity index (χ1n) is 9.12. The number of nitrogens with zero attached hydrogens (tertiary/aromatic N) is 3. The van der Waals surface area contributed by atoms with E-state index >= 15 is 0 Å². The summed E-state index contributed by atoms with van der Waals surface area (Å²) in [4.78, 5) is 18.1. The van der Waals surface area contributed by atoms with Gasteiger partial charge in [0.25, 0.3) is 0 Å². The Morgan fingerprint density at radius 1 is 1.43 bits per heavy atom. The number of hydrazone groups is 1. The lowest BCUT2D eigenvalue weighted by atomic mass is 10.2. The summed E-state index contributed by atoms with van der Waals surface area (Å²) >= 11 is 7.81. The second-order valence-corrected chi connectivity index (χ2v) is 7.50. The zero-order valence-corrected chi connectivity index (χ0v) is 17.5. The number of nitrogens with one attached hydrogen (secondary N) is 1. The lowest BCUT2D eigenvalue weighted by Gasteiger charge is -2.21. The van der Waals surface area contributed by atoms with Crippen LogP contribution >= 0.6 is 22.9 Å². The van der Waals surface area contributed by atoms with Gasteiger partial charge in [0.05, 0.1) is 42.8 Å². The van der Waals surface area contributed by atoms with E-state index in [1.807, 2.05) is 12.1 Å². The van der Waals surface area contributed by atoms with Gasteiger partial charge < -0.3 is 14.4 Å². The highest BCUT2D eigenvalue weighted by atomic mass is 35.5. The van der Waals surface area contributed by atoms with Crippen molar-refractivity contribution in [2.24, 2.45) is 5.10 Å². The maximum absolute atomic E-state index is 11.5. The fourth-order valence-electron chi connectivity index (χ4n) is 2.98. The zero-order chi connectivity index (χ0) is 19.9. The average molecular weight is 423 g/mol. The fraction of sp³-hybridized carbons (Fsp3) is 0.421. The molecule has 1 saturated heterocycles. The number of aromatic nitrogens is 1. The minimum Gasteiger partial charge on any atom is -0.495 e. The van der Waals surface area contributed by atoms with Gasteiger partial charge in [0.15, 0.2) is 0 Å². The summed E-state index contributed by atoms with van der Waals surface area (Å²) in [5, 5.41) is 7.21. The lowest BCUT2D eigenvalue weighted by Crippen LogP contribution is -2.18. The molecule has 1 aromatic heterocycles. The van der Waals surface area contributed by atoms with Crippen LogP contribution in [-0.2, 0) is 16.0 Å². The number of methoxy groups -OCH3 is 1. The molecule has 0 amide bonds. The number of hydrogen-bond donors (Lipinski definition) is 1. The molecule has 1 N–H and O–H groups in total. The van der Waals surface area contributed by atoms with E-state index in [1.54, 1.807) is 25.6 Å². The van der Waals surface area contributed by atoms with Crippen molar-refractivity contribution in [1.82, 2.24) is 4.98 Å². The number of hydrogen-bond acceptors (Lipinski definition) is 8. The number of halogens is 1. The summed E-state index contributed by atoms with van der Waals surface area (Å²) in [6.45, 7) is 4.16. The molecular formula is C19H23ClN4O3S. The van der Waals surface area contributed by atoms with Gasteiger partial charge in [-0.1, -0.05) is 11.6 Å². The molecule has 3 rings (SSSR count). The molecule has 2 heterocycles. The normalized spacial score (nSPS) is 13.9. The molecule has 0 radical (unpaired) electrons. The molecule has 1 aliphatic rings. The van der Waals surface area contributed by atoms with Crippen molar-refractivity contribution >= 4 is 45.9 Å². The highest BCUT2D eigenvalue weighted by Crippen LogP contribution is 2.35. The predicted molar refractivity (Wildman–Crippen MR) is 113 cm³/mol. The highest BCUT2D eigenvalue weighted by molar-refractivity contribution is 7.13. The molecule has 2 aromatic rings. The van der Waals surface area contributed by atoms with Crippen molar-refractivity contribution < 1.29 is 14.3 Å². The van der Waals surface area contributed by atoms with Crippen LogP contribution in [0.4, 0.5) is 10.8 Å². The third-order valence-electron chi connectivity index (χ3n) is 4.29. The molecule has 0 atom stereocenters. The second kappa shape index (κ2) is 9.75. The van der Waals surface area contributed by atoms with E-state index in [4.69, 9.17) is 21.1 Å². The van der Waals surface area contributed by atoms with E-state index in [9.17, 15) is 4.79 Å². The molecule has 0 bridgehead atoms. The fourth-order valence-corrected chi connectivity index (χ4v) is 3.85. The number of benzene rings is 1. The number of rotatable bonds is 8. The van der Waals surface area contributed by atoms with Crippen LogP contribution in [0, 0.1) is 0 Å². The van der Waals surface area contributed by atoms with E-state index in [0.717, 1.165) is 30.1 Å². The summed E-state index contributed by atoms with van der Waals surface area (Å²) in [6.07, 6.45) is 4.14. The minimum atomic E-state index is -0.292. The maximum atomic E-state index is 11.5. The van der Waals surface area contributed by atoms with Crippen LogP contribution in [0.5, 0.6) is 5.75 Å². The Labute approximate surface area is 173 Å². The Kier molecular flexibility index (Phi) is 7.11. The van der Waals surface area contributed by atoms with Crippen molar-refractivity contribution in [3.63, 3.8) is 0 Å². The molecule has 150 valence electrons.